The van der Waals surface area contributed by atoms with Gasteiger partial charge in [-0.25, -0.2) is 0 Å². The predicted octanol–water partition coefficient (Wildman–Crippen LogP) is 4.01. The Morgan fingerprint density at radius 3 is 2.29 bits per heavy atom. The van der Waals surface area contributed by atoms with Crippen LogP contribution in [-0.2, 0) is 17.1 Å². The van der Waals surface area contributed by atoms with E-state index < -0.39 is 10.0 Å². The zero-order valence-electron chi connectivity index (χ0n) is 13.1. The highest BCUT2D eigenvalue weighted by molar-refractivity contribution is 7.90. The Balaban J connectivity index is 2.14. The Labute approximate surface area is 149 Å². The molecule has 7 heteroatoms. The molecule has 0 saturated heterocycles. The topological polar surface area (TPSA) is 51.4 Å². The smallest absolute Gasteiger partial charge is 0.285 e. The number of nitrogens with zero attached hydrogens (tertiary/aromatic N) is 2. The van der Waals surface area contributed by atoms with E-state index in [4.69, 9.17) is 11.6 Å². The molecule has 24 heavy (non-hydrogen) atoms. The van der Waals surface area contributed by atoms with Crippen molar-refractivity contribution in [2.75, 3.05) is 0 Å². The molecule has 0 bridgehead atoms. The molecule has 1 heterocycles. The molecule has 0 N–H and O–H groups in total. The van der Waals surface area contributed by atoms with E-state index in [1.165, 1.54) is 11.3 Å². The van der Waals surface area contributed by atoms with E-state index in [0.717, 1.165) is 16.1 Å². The van der Waals surface area contributed by atoms with Gasteiger partial charge in [-0.15, -0.1) is 15.7 Å². The summed E-state index contributed by atoms with van der Waals surface area (Å²) < 4.78 is 30.7. The summed E-state index contributed by atoms with van der Waals surface area (Å²) in [5.74, 6) is 0. The van der Waals surface area contributed by atoms with Crippen molar-refractivity contribution >= 4 is 33.0 Å². The predicted molar refractivity (Wildman–Crippen MR) is 97.7 cm³/mol. The summed E-state index contributed by atoms with van der Waals surface area (Å²) >= 11 is 7.28. The van der Waals surface area contributed by atoms with Crippen LogP contribution in [0.15, 0.2) is 63.9 Å². The first kappa shape index (κ1) is 17.0. The number of aromatic nitrogens is 1. The molecule has 3 rings (SSSR count). The fourth-order valence-electron chi connectivity index (χ4n) is 2.42. The Bertz CT molecular complexity index is 1030. The number of sulfonamides is 1. The second-order valence-corrected chi connectivity index (χ2v) is 8.46. The van der Waals surface area contributed by atoms with Gasteiger partial charge in [0.1, 0.15) is 0 Å². The normalized spacial score (nSPS) is 12.5. The maximum Gasteiger partial charge on any atom is 0.285 e. The lowest BCUT2D eigenvalue weighted by molar-refractivity contribution is 0.596. The number of aryl methyl sites for hydroxylation is 1. The van der Waals surface area contributed by atoms with Crippen LogP contribution in [0.4, 0.5) is 0 Å². The van der Waals surface area contributed by atoms with Crippen molar-refractivity contribution in [2.24, 2.45) is 11.4 Å². The largest absolute Gasteiger partial charge is 0.319 e. The van der Waals surface area contributed by atoms with Crippen LogP contribution in [-0.4, -0.2) is 13.0 Å². The van der Waals surface area contributed by atoms with Crippen LogP contribution in [0.5, 0.6) is 0 Å². The summed E-state index contributed by atoms with van der Waals surface area (Å²) in [6, 6.07) is 15.7. The quantitative estimate of drug-likeness (QED) is 0.691. The average Bonchev–Trinajstić information content (AvgIpc) is 2.83. The Kier molecular flexibility index (Phi) is 4.62. The van der Waals surface area contributed by atoms with Gasteiger partial charge in [-0.2, -0.15) is 8.42 Å². The van der Waals surface area contributed by atoms with Gasteiger partial charge in [-0.3, -0.25) is 0 Å². The first-order valence-corrected chi connectivity index (χ1v) is 9.80. The van der Waals surface area contributed by atoms with Crippen molar-refractivity contribution in [1.82, 2.24) is 4.57 Å². The van der Waals surface area contributed by atoms with E-state index in [2.05, 4.69) is 4.40 Å². The molecule has 0 aliphatic heterocycles. The van der Waals surface area contributed by atoms with Gasteiger partial charge in [0, 0.05) is 16.9 Å². The van der Waals surface area contributed by atoms with Crippen molar-refractivity contribution in [1.29, 1.82) is 0 Å². The summed E-state index contributed by atoms with van der Waals surface area (Å²) in [7, 11) is -1.92. The molecule has 2 aromatic carbocycles. The molecule has 0 spiro atoms. The molecule has 4 nitrogen and oxygen atoms in total. The van der Waals surface area contributed by atoms with Gasteiger partial charge in [-0.05, 0) is 36.8 Å². The lowest BCUT2D eigenvalue weighted by atomic mass is 10.1. The molecule has 0 saturated carbocycles. The summed E-state index contributed by atoms with van der Waals surface area (Å²) in [5.41, 5.74) is 1.90. The number of thiazole rings is 1. The van der Waals surface area contributed by atoms with E-state index in [0.29, 0.717) is 9.82 Å². The first-order chi connectivity index (χ1) is 11.4. The number of benzene rings is 2. The number of hydrogen-bond donors (Lipinski definition) is 0. The van der Waals surface area contributed by atoms with E-state index in [1.54, 1.807) is 34.9 Å². The van der Waals surface area contributed by atoms with Crippen LogP contribution < -0.4 is 4.80 Å². The number of hydrogen-bond acceptors (Lipinski definition) is 3. The van der Waals surface area contributed by atoms with Gasteiger partial charge >= 0.3 is 0 Å². The van der Waals surface area contributed by atoms with Crippen LogP contribution in [0.1, 0.15) is 4.88 Å². The van der Waals surface area contributed by atoms with E-state index in [-0.39, 0.29) is 4.90 Å². The molecule has 124 valence electrons. The van der Waals surface area contributed by atoms with E-state index >= 15 is 0 Å². The zero-order valence-corrected chi connectivity index (χ0v) is 15.5. The highest BCUT2D eigenvalue weighted by Gasteiger charge is 2.15. The van der Waals surface area contributed by atoms with Crippen molar-refractivity contribution < 1.29 is 8.42 Å². The van der Waals surface area contributed by atoms with E-state index in [9.17, 15) is 8.42 Å². The second-order valence-electron chi connectivity index (χ2n) is 5.23. The second kappa shape index (κ2) is 6.55. The molecule has 1 aromatic heterocycles. The third-order valence-corrected chi connectivity index (χ3v) is 6.25. The third kappa shape index (κ3) is 3.31. The summed E-state index contributed by atoms with van der Waals surface area (Å²) in [5, 5.41) is 0.658. The standard InChI is InChI=1S/C17H15ClN2O2S2/c1-12-16(13-8-10-14(18)11-9-13)20(2)17(23-12)19-24(21,22)15-6-4-3-5-7-15/h3-11H,1-2H3. The van der Waals surface area contributed by atoms with Crippen molar-refractivity contribution in [3.8, 4) is 11.3 Å². The fourth-order valence-corrected chi connectivity index (χ4v) is 4.78. The minimum atomic E-state index is -3.73. The number of rotatable bonds is 3. The lowest BCUT2D eigenvalue weighted by Gasteiger charge is -2.05. The SMILES string of the molecule is Cc1sc(=NS(=O)(=O)c2ccccc2)n(C)c1-c1ccc(Cl)cc1. The van der Waals surface area contributed by atoms with Gasteiger partial charge in [-0.1, -0.05) is 41.9 Å². The highest BCUT2D eigenvalue weighted by Crippen LogP contribution is 2.26. The van der Waals surface area contributed by atoms with Crippen LogP contribution in [0.25, 0.3) is 11.3 Å². The Hall–Kier alpha value is -1.89. The molecule has 0 fully saturated rings. The van der Waals surface area contributed by atoms with Gasteiger partial charge in [0.2, 0.25) is 4.80 Å². The first-order valence-electron chi connectivity index (χ1n) is 7.17. The molecule has 0 atom stereocenters. The minimum Gasteiger partial charge on any atom is -0.319 e. The average molecular weight is 379 g/mol. The molecular formula is C17H15ClN2O2S2. The van der Waals surface area contributed by atoms with Crippen LogP contribution in [0.2, 0.25) is 5.02 Å². The summed E-state index contributed by atoms with van der Waals surface area (Å²) in [4.78, 5) is 1.60. The maximum absolute atomic E-state index is 12.5. The van der Waals surface area contributed by atoms with Crippen molar-refractivity contribution in [3.63, 3.8) is 0 Å². The third-order valence-electron chi connectivity index (χ3n) is 3.56. The number of halogens is 1. The highest BCUT2D eigenvalue weighted by atomic mass is 35.5. The molecular weight excluding hydrogens is 364 g/mol. The van der Waals surface area contributed by atoms with Gasteiger partial charge in [0.25, 0.3) is 10.0 Å². The van der Waals surface area contributed by atoms with Gasteiger partial charge < -0.3 is 4.57 Å². The summed E-state index contributed by atoms with van der Waals surface area (Å²) in [6.07, 6.45) is 0. The van der Waals surface area contributed by atoms with Crippen LogP contribution in [0.3, 0.4) is 0 Å². The lowest BCUT2D eigenvalue weighted by Crippen LogP contribution is -2.14. The minimum absolute atomic E-state index is 0.184. The van der Waals surface area contributed by atoms with Gasteiger partial charge in [0.15, 0.2) is 0 Å². The van der Waals surface area contributed by atoms with Crippen LogP contribution >= 0.6 is 22.9 Å². The fraction of sp³-hybridized carbons (Fsp3) is 0.118. The molecule has 0 aliphatic rings. The monoisotopic (exact) mass is 378 g/mol. The molecule has 0 unspecified atom stereocenters. The van der Waals surface area contributed by atoms with Crippen LogP contribution in [0, 0.1) is 6.92 Å². The molecule has 0 aliphatic carbocycles. The van der Waals surface area contributed by atoms with Crippen molar-refractivity contribution in [2.45, 2.75) is 11.8 Å². The zero-order chi connectivity index (χ0) is 17.3. The van der Waals surface area contributed by atoms with Crippen molar-refractivity contribution in [3.05, 3.63) is 69.3 Å². The Morgan fingerprint density at radius 1 is 1.04 bits per heavy atom. The van der Waals surface area contributed by atoms with E-state index in [1.807, 2.05) is 38.2 Å². The maximum atomic E-state index is 12.5. The summed E-state index contributed by atoms with van der Waals surface area (Å²) in [6.45, 7) is 1.95. The van der Waals surface area contributed by atoms with Gasteiger partial charge in [0.05, 0.1) is 10.6 Å². The molecule has 0 radical (unpaired) electrons. The molecule has 3 aromatic rings. The molecule has 0 amide bonds. The Morgan fingerprint density at radius 2 is 1.67 bits per heavy atom.